The average molecular weight is 612 g/mol. The molecule has 1 aromatic heterocycles. The zero-order chi connectivity index (χ0) is 32.7. The van der Waals surface area contributed by atoms with Crippen LogP contribution in [0.25, 0.3) is 11.0 Å². The Labute approximate surface area is 258 Å². The van der Waals surface area contributed by atoms with Gasteiger partial charge in [-0.1, -0.05) is 19.0 Å². The molecule has 3 rings (SSSR count). The lowest BCUT2D eigenvalue weighted by atomic mass is 9.93. The number of hydrogen-bond donors (Lipinski definition) is 3. The summed E-state index contributed by atoms with van der Waals surface area (Å²) >= 11 is 0. The number of ketones is 2. The number of Topliss-reactive ketones (excluding diaryl/α,β-unsaturated/α-hetero) is 2. The fraction of sp³-hybridized carbons (Fsp3) is 0.500. The van der Waals surface area contributed by atoms with Crippen molar-refractivity contribution in [1.82, 2.24) is 10.1 Å². The van der Waals surface area contributed by atoms with Crippen LogP contribution in [0, 0.1) is 5.92 Å². The van der Waals surface area contributed by atoms with Gasteiger partial charge in [0.15, 0.2) is 28.6 Å². The predicted octanol–water partition coefficient (Wildman–Crippen LogP) is 3.98. The molecule has 6 N–H and O–H groups in total. The summed E-state index contributed by atoms with van der Waals surface area (Å²) in [6, 6.07) is 6.20. The Hall–Kier alpha value is -4.16. The van der Waals surface area contributed by atoms with E-state index >= 15 is 0 Å². The van der Waals surface area contributed by atoms with Crippen molar-refractivity contribution < 1.29 is 33.1 Å². The maximum Gasteiger partial charge on any atom is 0.254 e. The second-order valence-corrected chi connectivity index (χ2v) is 11.6. The van der Waals surface area contributed by atoms with Crippen LogP contribution in [-0.2, 0) is 4.79 Å². The van der Waals surface area contributed by atoms with E-state index in [-0.39, 0.29) is 40.9 Å². The Morgan fingerprint density at radius 1 is 0.886 bits per heavy atom. The number of rotatable bonds is 16. The van der Waals surface area contributed by atoms with Gasteiger partial charge in [0.2, 0.25) is 5.78 Å². The van der Waals surface area contributed by atoms with Gasteiger partial charge in [-0.15, -0.1) is 0 Å². The summed E-state index contributed by atoms with van der Waals surface area (Å²) in [5.74, 6) is -0.0917. The van der Waals surface area contributed by atoms with Crippen LogP contribution in [0.4, 0.5) is 5.69 Å². The monoisotopic (exact) mass is 611 g/mol. The molecule has 0 aliphatic carbocycles. The van der Waals surface area contributed by atoms with Crippen molar-refractivity contribution in [3.63, 3.8) is 0 Å². The van der Waals surface area contributed by atoms with Crippen LogP contribution < -0.4 is 31.4 Å². The maximum absolute atomic E-state index is 13.0. The predicted molar refractivity (Wildman–Crippen MR) is 168 cm³/mol. The lowest BCUT2D eigenvalue weighted by Gasteiger charge is -2.31. The summed E-state index contributed by atoms with van der Waals surface area (Å²) < 4.78 is 22.6. The third-order valence-corrected chi connectivity index (χ3v) is 7.32. The van der Waals surface area contributed by atoms with Crippen molar-refractivity contribution >= 4 is 34.1 Å². The number of carbonyl (C=O) groups excluding carboxylic acids is 3. The van der Waals surface area contributed by atoms with E-state index in [2.05, 4.69) is 5.16 Å². The molecule has 2 unspecified atom stereocenters. The third kappa shape index (κ3) is 7.67. The molecule has 12 heteroatoms. The van der Waals surface area contributed by atoms with Crippen LogP contribution in [0.2, 0.25) is 0 Å². The van der Waals surface area contributed by atoms with E-state index in [1.54, 1.807) is 44.2 Å². The Balaban J connectivity index is 1.55. The van der Waals surface area contributed by atoms with E-state index in [4.69, 9.17) is 35.9 Å². The standard InChI is InChI=1S/C32H45N5O7/c1-17(2)25(33)29(38)27(35)30(39)28-21-11-13-23(26(34)31(21)44-36-28)43-15-9-8-14-42-22-12-10-20(16-24(22)41-7)32(40)37(18(3)4)19(5)6/h10-13,16-19,25,27H,8-9,14-15,33-35H2,1-7H3. The molecule has 0 radical (unpaired) electrons. The average Bonchev–Trinajstić information content (AvgIpc) is 3.42. The summed E-state index contributed by atoms with van der Waals surface area (Å²) in [6.45, 7) is 12.2. The van der Waals surface area contributed by atoms with E-state index in [0.29, 0.717) is 54.3 Å². The van der Waals surface area contributed by atoms with Crippen LogP contribution >= 0.6 is 0 Å². The van der Waals surface area contributed by atoms with Gasteiger partial charge in [0, 0.05) is 17.6 Å². The first-order chi connectivity index (χ1) is 20.8. The molecule has 240 valence electrons. The van der Waals surface area contributed by atoms with E-state index in [1.165, 1.54) is 7.11 Å². The van der Waals surface area contributed by atoms with Crippen LogP contribution in [0.1, 0.15) is 75.2 Å². The molecule has 0 saturated heterocycles. The number of hydrogen-bond acceptors (Lipinski definition) is 11. The topological polar surface area (TPSA) is 186 Å². The minimum absolute atomic E-state index is 0.0623. The maximum atomic E-state index is 13.0. The summed E-state index contributed by atoms with van der Waals surface area (Å²) in [7, 11) is 1.54. The second-order valence-electron chi connectivity index (χ2n) is 11.6. The molecule has 0 aliphatic heterocycles. The second kappa shape index (κ2) is 15.0. The van der Waals surface area contributed by atoms with Gasteiger partial charge in [0.25, 0.3) is 5.91 Å². The van der Waals surface area contributed by atoms with E-state index in [0.717, 1.165) is 0 Å². The number of benzene rings is 2. The lowest BCUT2D eigenvalue weighted by molar-refractivity contribution is -0.121. The largest absolute Gasteiger partial charge is 0.493 e. The number of unbranched alkanes of at least 4 members (excludes halogenated alkanes) is 1. The van der Waals surface area contributed by atoms with E-state index < -0.39 is 23.7 Å². The molecule has 3 aromatic rings. The lowest BCUT2D eigenvalue weighted by Crippen LogP contribution is -2.49. The van der Waals surface area contributed by atoms with E-state index in [9.17, 15) is 14.4 Å². The quantitative estimate of drug-likeness (QED) is 0.0920. The van der Waals surface area contributed by atoms with Gasteiger partial charge < -0.3 is 40.8 Å². The Kier molecular flexibility index (Phi) is 11.7. The number of carbonyl (C=O) groups is 3. The minimum atomic E-state index is -1.46. The van der Waals surface area contributed by atoms with Gasteiger partial charge in [-0.25, -0.2) is 0 Å². The molecule has 0 saturated carbocycles. The first kappa shape index (κ1) is 34.3. The summed E-state index contributed by atoms with van der Waals surface area (Å²) in [4.78, 5) is 40.2. The number of nitrogens with two attached hydrogens (primary N) is 3. The van der Waals surface area contributed by atoms with Crippen LogP contribution in [0.3, 0.4) is 0 Å². The zero-order valence-electron chi connectivity index (χ0n) is 26.6. The number of nitrogen functional groups attached to an aromatic ring is 1. The van der Waals surface area contributed by atoms with Gasteiger partial charge in [0.05, 0.1) is 31.8 Å². The highest BCUT2D eigenvalue weighted by atomic mass is 16.5. The normalized spacial score (nSPS) is 12.9. The fourth-order valence-electron chi connectivity index (χ4n) is 4.83. The first-order valence-corrected chi connectivity index (χ1v) is 14.8. The molecule has 1 amide bonds. The highest BCUT2D eigenvalue weighted by Crippen LogP contribution is 2.33. The van der Waals surface area contributed by atoms with Crippen molar-refractivity contribution in [1.29, 1.82) is 0 Å². The molecule has 44 heavy (non-hydrogen) atoms. The molecule has 0 spiro atoms. The number of aromatic nitrogens is 1. The highest BCUT2D eigenvalue weighted by molar-refractivity contribution is 6.19. The number of fused-ring (bicyclic) bond motifs is 1. The van der Waals surface area contributed by atoms with Crippen molar-refractivity contribution in [3.8, 4) is 17.2 Å². The summed E-state index contributed by atoms with van der Waals surface area (Å²) in [5.41, 5.74) is 18.8. The van der Waals surface area contributed by atoms with Crippen LogP contribution in [0.5, 0.6) is 17.2 Å². The molecule has 1 heterocycles. The van der Waals surface area contributed by atoms with Crippen molar-refractivity contribution in [2.24, 2.45) is 17.4 Å². The molecular weight excluding hydrogens is 566 g/mol. The molecular formula is C32H45N5O7. The van der Waals surface area contributed by atoms with Gasteiger partial charge in [-0.05, 0) is 76.8 Å². The SMILES string of the molecule is COc1cc(C(=O)N(C(C)C)C(C)C)ccc1OCCCCOc1ccc2c(C(=O)C(N)C(=O)C(N)C(C)C)noc2c1N. The van der Waals surface area contributed by atoms with Gasteiger partial charge >= 0.3 is 0 Å². The zero-order valence-corrected chi connectivity index (χ0v) is 26.6. The number of methoxy groups -OCH3 is 1. The molecule has 2 atom stereocenters. The van der Waals surface area contributed by atoms with Crippen molar-refractivity contribution in [3.05, 3.63) is 41.6 Å². The molecule has 0 bridgehead atoms. The number of nitrogens with zero attached hydrogens (tertiary/aromatic N) is 2. The summed E-state index contributed by atoms with van der Waals surface area (Å²) in [5, 5.41) is 4.16. The fourth-order valence-corrected chi connectivity index (χ4v) is 4.83. The number of ether oxygens (including phenoxy) is 3. The third-order valence-electron chi connectivity index (χ3n) is 7.32. The van der Waals surface area contributed by atoms with Crippen molar-refractivity contribution in [2.75, 3.05) is 26.1 Å². The van der Waals surface area contributed by atoms with Crippen LogP contribution in [-0.4, -0.2) is 72.0 Å². The van der Waals surface area contributed by atoms with Crippen LogP contribution in [0.15, 0.2) is 34.9 Å². The first-order valence-electron chi connectivity index (χ1n) is 14.8. The number of anilines is 1. The number of amides is 1. The highest BCUT2D eigenvalue weighted by Gasteiger charge is 2.32. The van der Waals surface area contributed by atoms with E-state index in [1.807, 2.05) is 32.6 Å². The van der Waals surface area contributed by atoms with Gasteiger partial charge in [-0.2, -0.15) is 0 Å². The molecule has 2 aromatic carbocycles. The minimum Gasteiger partial charge on any atom is -0.493 e. The summed E-state index contributed by atoms with van der Waals surface area (Å²) in [6.07, 6.45) is 1.33. The van der Waals surface area contributed by atoms with Crippen molar-refractivity contribution in [2.45, 2.75) is 78.6 Å². The molecule has 0 aliphatic rings. The molecule has 12 nitrogen and oxygen atoms in total. The van der Waals surface area contributed by atoms with Gasteiger partial charge in [-0.3, -0.25) is 14.4 Å². The smallest absolute Gasteiger partial charge is 0.254 e. The molecule has 0 fully saturated rings. The Morgan fingerprint density at radius 2 is 1.48 bits per heavy atom. The van der Waals surface area contributed by atoms with Gasteiger partial charge in [0.1, 0.15) is 17.5 Å². The Bertz CT molecular complexity index is 1460. The Morgan fingerprint density at radius 3 is 2.05 bits per heavy atom.